The molecule has 24 nitrogen and oxygen atoms in total. The first-order valence-corrected chi connectivity index (χ1v) is 22.8. The number of halogens is 2. The van der Waals surface area contributed by atoms with Crippen LogP contribution in [0, 0.1) is 0 Å². The molecule has 3 aromatic rings. The van der Waals surface area contributed by atoms with Gasteiger partial charge in [0.05, 0.1) is 43.1 Å². The number of aromatic nitrogens is 6. The van der Waals surface area contributed by atoms with Crippen molar-refractivity contribution in [3.8, 4) is 0 Å². The largest absolute Gasteiger partial charge is 1.00 e. The second-order valence-corrected chi connectivity index (χ2v) is 15.4. The van der Waals surface area contributed by atoms with Gasteiger partial charge in [-0.1, -0.05) is 7.43 Å². The molecule has 6 rings (SSSR count). The Bertz CT molecular complexity index is 1860. The van der Waals surface area contributed by atoms with Gasteiger partial charge in [0.25, 0.3) is 6.47 Å². The molecule has 0 unspecified atom stereocenters. The summed E-state index contributed by atoms with van der Waals surface area (Å²) < 4.78 is 24.1. The van der Waals surface area contributed by atoms with Crippen molar-refractivity contribution in [3.05, 3.63) is 59.2 Å². The van der Waals surface area contributed by atoms with Gasteiger partial charge in [0.1, 0.15) is 5.60 Å². The molecule has 6 heterocycles. The molecule has 0 bridgehead atoms. The third-order valence-corrected chi connectivity index (χ3v) is 8.82. The SMILES string of the molecule is C.CC(C)(C)OC(=O)N1CCNCC1.CCOC(=O)c1cnc(Cl)nc1.CCOC(=O)c1cnc(N2CCCCC2)nc1.CCOC(=O)c1cnc(N2CCNCC2)nc1.CCOC(C)=O.Cl.O=CO[O-].[H-].[K+].[K+]. The molecular weight excluding hydrogens is 1050 g/mol. The van der Waals surface area contributed by atoms with Gasteiger partial charge in [-0.3, -0.25) is 9.59 Å². The van der Waals surface area contributed by atoms with Crippen molar-refractivity contribution in [2.24, 2.45) is 0 Å². The zero-order valence-corrected chi connectivity index (χ0v) is 51.0. The van der Waals surface area contributed by atoms with Crippen LogP contribution in [0.3, 0.4) is 0 Å². The predicted molar refractivity (Wildman–Crippen MR) is 265 cm³/mol. The van der Waals surface area contributed by atoms with E-state index in [1.807, 2.05) is 20.8 Å². The molecule has 402 valence electrons. The van der Waals surface area contributed by atoms with Crippen LogP contribution in [0.5, 0.6) is 0 Å². The molecule has 0 saturated carbocycles. The van der Waals surface area contributed by atoms with Gasteiger partial charge in [0.15, 0.2) is 0 Å². The van der Waals surface area contributed by atoms with E-state index in [2.05, 4.69) is 60.0 Å². The van der Waals surface area contributed by atoms with E-state index >= 15 is 0 Å². The Balaban J connectivity index is -0.000000266. The van der Waals surface area contributed by atoms with E-state index < -0.39 is 5.97 Å². The van der Waals surface area contributed by atoms with Crippen molar-refractivity contribution < 1.29 is 167 Å². The Kier molecular flexibility index (Phi) is 48.8. The van der Waals surface area contributed by atoms with Crippen LogP contribution in [-0.2, 0) is 38.2 Å². The maximum absolute atomic E-state index is 11.5. The van der Waals surface area contributed by atoms with E-state index in [0.29, 0.717) is 55.0 Å². The number of carbonyl (C=O) groups is 6. The van der Waals surface area contributed by atoms with E-state index in [0.717, 1.165) is 65.4 Å². The molecule has 3 fully saturated rings. The predicted octanol–water partition coefficient (Wildman–Crippen LogP) is -1.98. The molecule has 0 atom stereocenters. The number of nitrogens with zero attached hydrogens (tertiary/aromatic N) is 9. The smallest absolute Gasteiger partial charge is 1.00 e. The number of carbonyl (C=O) groups excluding carboxylic acids is 6. The van der Waals surface area contributed by atoms with E-state index in [1.54, 1.807) is 32.6 Å². The van der Waals surface area contributed by atoms with E-state index in [1.165, 1.54) is 63.4 Å². The van der Waals surface area contributed by atoms with Crippen LogP contribution in [-0.4, -0.2) is 169 Å². The van der Waals surface area contributed by atoms with Crippen molar-refractivity contribution in [1.29, 1.82) is 0 Å². The van der Waals surface area contributed by atoms with Crippen LogP contribution in [0.1, 0.15) is 115 Å². The fourth-order valence-electron chi connectivity index (χ4n) is 5.58. The standard InChI is InChI=1S/C12H17N3O2.C11H16N4O2.C9H18N2O2.C7H7ClN2O2.C4H8O2.CH2O3.CH4.ClH.2K.H/c1-2-17-11(16)10-8-13-12(14-9-10)15-6-4-3-5-7-15;1-2-17-10(16)9-7-13-11(14-8-9)15-5-3-12-4-6-15;1-9(2,3)13-8(12)11-6-4-10-5-7-11;1-2-12-6(11)5-3-9-7(8)10-4-5;1-3-6-4(2)5;2-1-4-3;;;;;/h8-9H,2-7H2,1H3;7-8,12H,2-6H2,1H3;10H,4-7H2,1-3H3;3-4H,2H2,1H3;3H2,1-2H3;1,3H;1H4;1H;;;/q;;;;;;;;2*+1;-1/p-1. The minimum Gasteiger partial charge on any atom is -1.00 e. The monoisotopic (exact) mass is 1120 g/mol. The number of piperazine rings is 2. The van der Waals surface area contributed by atoms with Crippen LogP contribution >= 0.6 is 24.0 Å². The summed E-state index contributed by atoms with van der Waals surface area (Å²) >= 11 is 5.42. The molecule has 73 heavy (non-hydrogen) atoms. The average molecular weight is 1130 g/mol. The summed E-state index contributed by atoms with van der Waals surface area (Å²) in [5.74, 6) is -0.0129. The zero-order chi connectivity index (χ0) is 51.5. The number of rotatable bonds is 10. The zero-order valence-electron chi connectivity index (χ0n) is 44.2. The first-order valence-electron chi connectivity index (χ1n) is 22.4. The van der Waals surface area contributed by atoms with Crippen LogP contribution < -0.4 is 128 Å². The van der Waals surface area contributed by atoms with Crippen molar-refractivity contribution in [3.63, 3.8) is 0 Å². The summed E-state index contributed by atoms with van der Waals surface area (Å²) in [5, 5.41) is 15.0. The second-order valence-electron chi connectivity index (χ2n) is 15.1. The maximum Gasteiger partial charge on any atom is 1.00 e. The molecule has 28 heteroatoms. The maximum atomic E-state index is 11.5. The number of piperidine rings is 1. The van der Waals surface area contributed by atoms with Gasteiger partial charge < -0.3 is 60.6 Å². The van der Waals surface area contributed by atoms with Gasteiger partial charge >= 0.3 is 133 Å². The topological polar surface area (TPSA) is 292 Å². The van der Waals surface area contributed by atoms with Crippen molar-refractivity contribution in [2.75, 3.05) is 102 Å². The van der Waals surface area contributed by atoms with E-state index in [9.17, 15) is 24.0 Å². The quantitative estimate of drug-likeness (QED) is 0.0423. The van der Waals surface area contributed by atoms with Crippen LogP contribution in [0.4, 0.5) is 16.7 Å². The van der Waals surface area contributed by atoms with Gasteiger partial charge in [0.2, 0.25) is 17.2 Å². The normalized spacial score (nSPS) is 13.1. The van der Waals surface area contributed by atoms with Gasteiger partial charge in [-0.2, -0.15) is 0 Å². The number of hydrogen-bond donors (Lipinski definition) is 2. The summed E-state index contributed by atoms with van der Waals surface area (Å²) in [7, 11) is 0. The number of hydrogen-bond acceptors (Lipinski definition) is 23. The number of nitrogens with one attached hydrogen (secondary N) is 2. The van der Waals surface area contributed by atoms with Crippen LogP contribution in [0.15, 0.2) is 37.2 Å². The van der Waals surface area contributed by atoms with Gasteiger partial charge in [-0.05, 0) is 79.3 Å². The molecule has 0 radical (unpaired) electrons. The number of amides is 1. The van der Waals surface area contributed by atoms with Crippen molar-refractivity contribution in [2.45, 2.75) is 87.7 Å². The Morgan fingerprint density at radius 1 is 0.630 bits per heavy atom. The Hall–Kier alpha value is -2.81. The molecule has 0 aliphatic carbocycles. The molecule has 3 aliphatic heterocycles. The van der Waals surface area contributed by atoms with Crippen LogP contribution in [0.25, 0.3) is 0 Å². The number of anilines is 2. The molecule has 3 saturated heterocycles. The Morgan fingerprint density at radius 3 is 1.26 bits per heavy atom. The van der Waals surface area contributed by atoms with Crippen molar-refractivity contribution >= 4 is 72.3 Å². The van der Waals surface area contributed by atoms with Crippen LogP contribution in [0.2, 0.25) is 5.28 Å². The first kappa shape index (κ1) is 76.7. The molecule has 1 amide bonds. The molecule has 2 N–H and O–H groups in total. The number of esters is 4. The second kappa shape index (κ2) is 46.5. The molecule has 0 spiro atoms. The minimum absolute atomic E-state index is 0. The van der Waals surface area contributed by atoms with Gasteiger partial charge in [0, 0.05) is 110 Å². The third-order valence-electron chi connectivity index (χ3n) is 8.62. The fraction of sp³-hybridized carbons (Fsp3) is 0.600. The summed E-state index contributed by atoms with van der Waals surface area (Å²) in [6.07, 6.45) is 12.2. The average Bonchev–Trinajstić information content (AvgIpc) is 3.35. The fourth-order valence-corrected chi connectivity index (χ4v) is 5.67. The Morgan fingerprint density at radius 2 is 0.959 bits per heavy atom. The summed E-state index contributed by atoms with van der Waals surface area (Å²) in [5.41, 5.74) is 0.724. The van der Waals surface area contributed by atoms with E-state index in [-0.39, 0.29) is 165 Å². The van der Waals surface area contributed by atoms with Crippen molar-refractivity contribution in [1.82, 2.24) is 45.4 Å². The van der Waals surface area contributed by atoms with Gasteiger partial charge in [-0.25, -0.2) is 49.1 Å². The minimum atomic E-state index is -0.436. The van der Waals surface area contributed by atoms with Gasteiger partial charge in [-0.15, -0.1) is 12.4 Å². The van der Waals surface area contributed by atoms with E-state index in [4.69, 9.17) is 40.6 Å². The summed E-state index contributed by atoms with van der Waals surface area (Å²) in [6.45, 7) is 24.3. The molecule has 3 aliphatic rings. The third kappa shape index (κ3) is 36.0. The summed E-state index contributed by atoms with van der Waals surface area (Å²) in [4.78, 5) is 96.5. The molecule has 3 aromatic heterocycles. The Labute approximate surface area is 526 Å². The molecule has 0 aromatic carbocycles. The number of ether oxygens (including phenoxy) is 5. The summed E-state index contributed by atoms with van der Waals surface area (Å²) in [6, 6.07) is 0. The molecular formula is C45H73Cl2K2N11O13. The first-order chi connectivity index (χ1) is 33.0.